The number of nitrogens with two attached hydrogens (primary N) is 1. The number of amides is 1. The number of carbonyl (C=O) groups is 2. The summed E-state index contributed by atoms with van der Waals surface area (Å²) in [4.78, 5) is 32.9. The summed E-state index contributed by atoms with van der Waals surface area (Å²) in [7, 11) is 0. The van der Waals surface area contributed by atoms with E-state index >= 15 is 0 Å². The van der Waals surface area contributed by atoms with Crippen molar-refractivity contribution in [3.8, 4) is 0 Å². The van der Waals surface area contributed by atoms with Crippen LogP contribution in [0.3, 0.4) is 0 Å². The van der Waals surface area contributed by atoms with E-state index in [0.29, 0.717) is 13.1 Å². The molecule has 21 heavy (non-hydrogen) atoms. The van der Waals surface area contributed by atoms with Gasteiger partial charge in [0.25, 0.3) is 0 Å². The number of rotatable bonds is 3. The van der Waals surface area contributed by atoms with Gasteiger partial charge in [0.1, 0.15) is 6.04 Å². The fourth-order valence-electron chi connectivity index (χ4n) is 3.55. The van der Waals surface area contributed by atoms with E-state index in [1.807, 2.05) is 0 Å². The molecule has 2 heterocycles. The van der Waals surface area contributed by atoms with Gasteiger partial charge in [0.05, 0.1) is 24.3 Å². The van der Waals surface area contributed by atoms with E-state index in [1.165, 1.54) is 4.90 Å². The third kappa shape index (κ3) is 2.42. The van der Waals surface area contributed by atoms with Gasteiger partial charge in [-0.05, 0) is 25.3 Å². The van der Waals surface area contributed by atoms with Crippen molar-refractivity contribution >= 4 is 11.9 Å². The predicted molar refractivity (Wildman–Crippen MR) is 74.2 cm³/mol. The van der Waals surface area contributed by atoms with E-state index in [2.05, 4.69) is 9.97 Å². The molecule has 1 aromatic heterocycles. The minimum absolute atomic E-state index is 0.0735. The molecule has 1 aliphatic heterocycles. The van der Waals surface area contributed by atoms with Gasteiger partial charge in [-0.3, -0.25) is 4.79 Å². The lowest BCUT2D eigenvalue weighted by molar-refractivity contribution is -0.154. The van der Waals surface area contributed by atoms with E-state index < -0.39 is 12.0 Å². The van der Waals surface area contributed by atoms with Gasteiger partial charge in [-0.15, -0.1) is 0 Å². The molecule has 0 aromatic carbocycles. The Bertz CT molecular complexity index is 556. The lowest BCUT2D eigenvalue weighted by atomic mass is 9.92. The van der Waals surface area contributed by atoms with Crippen LogP contribution in [0.2, 0.25) is 0 Å². The van der Waals surface area contributed by atoms with E-state index in [9.17, 15) is 14.7 Å². The highest BCUT2D eigenvalue weighted by atomic mass is 16.4. The first kappa shape index (κ1) is 14.1. The molecule has 0 bridgehead atoms. The Kier molecular flexibility index (Phi) is 3.67. The summed E-state index contributed by atoms with van der Waals surface area (Å²) >= 11 is 0. The van der Waals surface area contributed by atoms with Crippen molar-refractivity contribution in [2.75, 3.05) is 6.54 Å². The fourth-order valence-corrected chi connectivity index (χ4v) is 3.55. The zero-order valence-electron chi connectivity index (χ0n) is 11.8. The number of aromatic amines is 1. The summed E-state index contributed by atoms with van der Waals surface area (Å²) in [5, 5.41) is 9.43. The Morgan fingerprint density at radius 2 is 2.29 bits per heavy atom. The molecule has 3 atom stereocenters. The number of carboxylic acid groups (broad SMARTS) is 1. The molecule has 114 valence electrons. The number of imidazole rings is 1. The van der Waals surface area contributed by atoms with Gasteiger partial charge in [-0.25, -0.2) is 9.78 Å². The molecule has 1 aliphatic carbocycles. The van der Waals surface area contributed by atoms with Crippen LogP contribution >= 0.6 is 0 Å². The van der Waals surface area contributed by atoms with Crippen LogP contribution in [0.15, 0.2) is 6.33 Å². The lowest BCUT2D eigenvalue weighted by Crippen LogP contribution is -2.51. The van der Waals surface area contributed by atoms with Crippen LogP contribution in [-0.2, 0) is 22.6 Å². The zero-order chi connectivity index (χ0) is 15.0. The number of aromatic nitrogens is 2. The summed E-state index contributed by atoms with van der Waals surface area (Å²) in [6, 6.07) is -0.827. The van der Waals surface area contributed by atoms with Gasteiger partial charge >= 0.3 is 5.97 Å². The van der Waals surface area contributed by atoms with Gasteiger partial charge in [0.15, 0.2) is 0 Å². The molecule has 0 radical (unpaired) electrons. The SMILES string of the molecule is NCC1CCCC1C(=O)N1Cc2[nH]cnc2CC1C(=O)O. The number of carbonyl (C=O) groups excluding carboxylic acids is 1. The molecule has 7 nitrogen and oxygen atoms in total. The van der Waals surface area contributed by atoms with E-state index in [-0.39, 0.29) is 24.2 Å². The molecule has 4 N–H and O–H groups in total. The molecule has 1 saturated carbocycles. The number of fused-ring (bicyclic) bond motifs is 1. The Morgan fingerprint density at radius 3 is 3.00 bits per heavy atom. The van der Waals surface area contributed by atoms with Crippen molar-refractivity contribution in [1.29, 1.82) is 0 Å². The zero-order valence-corrected chi connectivity index (χ0v) is 11.8. The highest BCUT2D eigenvalue weighted by molar-refractivity contribution is 5.86. The van der Waals surface area contributed by atoms with Crippen molar-refractivity contribution in [2.24, 2.45) is 17.6 Å². The number of H-pyrrole nitrogens is 1. The number of aliphatic carboxylic acids is 1. The maximum atomic E-state index is 12.8. The molecule has 2 aliphatic rings. The molecule has 0 saturated heterocycles. The van der Waals surface area contributed by atoms with Crippen LogP contribution in [-0.4, -0.2) is 44.4 Å². The molecule has 1 amide bonds. The highest BCUT2D eigenvalue weighted by Crippen LogP contribution is 2.34. The Hall–Kier alpha value is -1.89. The summed E-state index contributed by atoms with van der Waals surface area (Å²) < 4.78 is 0. The summed E-state index contributed by atoms with van der Waals surface area (Å²) in [5.41, 5.74) is 7.32. The standard InChI is InChI=1S/C14H20N4O3/c15-5-8-2-1-3-9(8)13(19)18-6-11-10(16-7-17-11)4-12(18)14(20)21/h7-9,12H,1-6,15H2,(H,16,17)(H,20,21). The smallest absolute Gasteiger partial charge is 0.326 e. The predicted octanol–water partition coefficient (Wildman–Crippen LogP) is 0.123. The molecule has 3 rings (SSSR count). The molecule has 3 unspecified atom stereocenters. The van der Waals surface area contributed by atoms with E-state index in [1.54, 1.807) is 6.33 Å². The minimum atomic E-state index is -0.973. The first-order valence-corrected chi connectivity index (χ1v) is 7.36. The minimum Gasteiger partial charge on any atom is -0.480 e. The number of nitrogens with one attached hydrogen (secondary N) is 1. The van der Waals surface area contributed by atoms with Gasteiger partial charge in [0.2, 0.25) is 5.91 Å². The number of carboxylic acids is 1. The Balaban J connectivity index is 1.85. The summed E-state index contributed by atoms with van der Waals surface area (Å²) in [6.07, 6.45) is 4.56. The van der Waals surface area contributed by atoms with E-state index in [4.69, 9.17) is 5.73 Å². The summed E-state index contributed by atoms with van der Waals surface area (Å²) in [6.45, 7) is 0.774. The van der Waals surface area contributed by atoms with Crippen molar-refractivity contribution in [3.63, 3.8) is 0 Å². The van der Waals surface area contributed by atoms with Crippen LogP contribution in [0.1, 0.15) is 30.7 Å². The second-order valence-electron chi connectivity index (χ2n) is 5.89. The second-order valence-corrected chi connectivity index (χ2v) is 5.89. The average Bonchev–Trinajstić information content (AvgIpc) is 3.12. The first-order valence-electron chi connectivity index (χ1n) is 7.36. The van der Waals surface area contributed by atoms with Gasteiger partial charge in [-0.2, -0.15) is 0 Å². The molecular formula is C14H20N4O3. The van der Waals surface area contributed by atoms with Crippen LogP contribution in [0, 0.1) is 11.8 Å². The summed E-state index contributed by atoms with van der Waals surface area (Å²) in [5.74, 6) is -1.01. The molecular weight excluding hydrogens is 272 g/mol. The third-order valence-electron chi connectivity index (χ3n) is 4.75. The normalized spacial score (nSPS) is 28.4. The first-order chi connectivity index (χ1) is 10.1. The van der Waals surface area contributed by atoms with Gasteiger partial charge in [-0.1, -0.05) is 6.42 Å². The lowest BCUT2D eigenvalue weighted by Gasteiger charge is -2.35. The van der Waals surface area contributed by atoms with Gasteiger partial charge in [0, 0.05) is 12.3 Å². The van der Waals surface area contributed by atoms with Crippen LogP contribution < -0.4 is 5.73 Å². The van der Waals surface area contributed by atoms with Crippen LogP contribution in [0.25, 0.3) is 0 Å². The fraction of sp³-hybridized carbons (Fsp3) is 0.643. The quantitative estimate of drug-likeness (QED) is 0.732. The molecule has 1 aromatic rings. The number of hydrogen-bond acceptors (Lipinski definition) is 4. The highest BCUT2D eigenvalue weighted by Gasteiger charge is 2.41. The second kappa shape index (κ2) is 5.48. The van der Waals surface area contributed by atoms with Crippen LogP contribution in [0.4, 0.5) is 0 Å². The average molecular weight is 292 g/mol. The van der Waals surface area contributed by atoms with Crippen molar-refractivity contribution in [3.05, 3.63) is 17.7 Å². The molecule has 1 fully saturated rings. The molecule has 0 spiro atoms. The maximum Gasteiger partial charge on any atom is 0.326 e. The Labute approximate surface area is 122 Å². The molecule has 7 heteroatoms. The monoisotopic (exact) mass is 292 g/mol. The largest absolute Gasteiger partial charge is 0.480 e. The maximum absolute atomic E-state index is 12.8. The number of hydrogen-bond donors (Lipinski definition) is 3. The topological polar surface area (TPSA) is 112 Å². The van der Waals surface area contributed by atoms with Crippen molar-refractivity contribution < 1.29 is 14.7 Å². The van der Waals surface area contributed by atoms with Crippen LogP contribution in [0.5, 0.6) is 0 Å². The van der Waals surface area contributed by atoms with Gasteiger partial charge < -0.3 is 20.7 Å². The van der Waals surface area contributed by atoms with Crippen molar-refractivity contribution in [2.45, 2.75) is 38.3 Å². The van der Waals surface area contributed by atoms with E-state index in [0.717, 1.165) is 30.7 Å². The number of nitrogens with zero attached hydrogens (tertiary/aromatic N) is 2. The van der Waals surface area contributed by atoms with Crippen molar-refractivity contribution in [1.82, 2.24) is 14.9 Å². The third-order valence-corrected chi connectivity index (χ3v) is 4.75. The Morgan fingerprint density at radius 1 is 1.48 bits per heavy atom.